The van der Waals surface area contributed by atoms with Crippen LogP contribution >= 0.6 is 27.5 Å². The predicted octanol–water partition coefficient (Wildman–Crippen LogP) is 3.72. The molecule has 1 atom stereocenters. The van der Waals surface area contributed by atoms with Gasteiger partial charge in [0.15, 0.2) is 6.61 Å². The number of nitrogens with two attached hydrogens (primary N) is 1. The van der Waals surface area contributed by atoms with E-state index in [0.717, 1.165) is 10.0 Å². The molecule has 2 rings (SSSR count). The first kappa shape index (κ1) is 18.3. The summed E-state index contributed by atoms with van der Waals surface area (Å²) in [4.78, 5) is 23.8. The molecule has 0 aliphatic carbocycles. The average Bonchev–Trinajstić information content (AvgIpc) is 2.55. The normalized spacial score (nSPS) is 11.6. The van der Waals surface area contributed by atoms with Crippen LogP contribution in [-0.4, -0.2) is 18.5 Å². The molecule has 126 valence electrons. The lowest BCUT2D eigenvalue weighted by Gasteiger charge is -2.14. The van der Waals surface area contributed by atoms with E-state index in [1.165, 1.54) is 18.2 Å². The van der Waals surface area contributed by atoms with Gasteiger partial charge in [0.05, 0.1) is 22.3 Å². The van der Waals surface area contributed by atoms with Crippen LogP contribution in [0.5, 0.6) is 0 Å². The Morgan fingerprint density at radius 3 is 2.54 bits per heavy atom. The molecule has 0 heterocycles. The highest BCUT2D eigenvalue weighted by Crippen LogP contribution is 2.20. The van der Waals surface area contributed by atoms with Crippen molar-refractivity contribution in [3.05, 3.63) is 63.1 Å². The fourth-order valence-electron chi connectivity index (χ4n) is 2.00. The maximum atomic E-state index is 11.9. The van der Waals surface area contributed by atoms with Crippen LogP contribution in [-0.2, 0) is 9.53 Å². The first-order valence-corrected chi connectivity index (χ1v) is 8.31. The van der Waals surface area contributed by atoms with Crippen LogP contribution in [0.4, 0.5) is 5.69 Å². The molecule has 0 radical (unpaired) electrons. The molecule has 0 saturated carbocycles. The van der Waals surface area contributed by atoms with Crippen LogP contribution in [0.15, 0.2) is 46.9 Å². The van der Waals surface area contributed by atoms with Crippen molar-refractivity contribution in [2.45, 2.75) is 13.0 Å². The molecule has 5 nitrogen and oxygen atoms in total. The number of esters is 1. The molecule has 2 aromatic carbocycles. The van der Waals surface area contributed by atoms with Gasteiger partial charge in [-0.25, -0.2) is 4.79 Å². The quantitative estimate of drug-likeness (QED) is 0.580. The van der Waals surface area contributed by atoms with Crippen molar-refractivity contribution < 1.29 is 14.3 Å². The van der Waals surface area contributed by atoms with Gasteiger partial charge in [-0.15, -0.1) is 0 Å². The second-order valence-electron chi connectivity index (χ2n) is 5.15. The average molecular weight is 412 g/mol. The fraction of sp³-hybridized carbons (Fsp3) is 0.176. The Balaban J connectivity index is 1.87. The number of anilines is 1. The minimum atomic E-state index is -0.634. The molecule has 0 spiro atoms. The smallest absolute Gasteiger partial charge is 0.338 e. The SMILES string of the molecule is C[C@@H](NC(=O)COC(=O)c1ccc(Cl)c(N)c1)c1ccc(Br)cc1. The summed E-state index contributed by atoms with van der Waals surface area (Å²) in [5.41, 5.74) is 7.10. The molecule has 1 amide bonds. The largest absolute Gasteiger partial charge is 0.452 e. The van der Waals surface area contributed by atoms with Crippen LogP contribution in [0, 0.1) is 0 Å². The van der Waals surface area contributed by atoms with E-state index in [0.29, 0.717) is 5.02 Å². The lowest BCUT2D eigenvalue weighted by atomic mass is 10.1. The third-order valence-electron chi connectivity index (χ3n) is 3.31. The van der Waals surface area contributed by atoms with Crippen LogP contribution in [0.25, 0.3) is 0 Å². The summed E-state index contributed by atoms with van der Waals surface area (Å²) in [5, 5.41) is 3.12. The molecular weight excluding hydrogens is 396 g/mol. The number of ether oxygens (including phenoxy) is 1. The Kier molecular flexibility index (Phi) is 6.23. The zero-order valence-corrected chi connectivity index (χ0v) is 15.2. The van der Waals surface area contributed by atoms with Crippen molar-refractivity contribution in [2.75, 3.05) is 12.3 Å². The molecule has 0 unspecified atom stereocenters. The van der Waals surface area contributed by atoms with Gasteiger partial charge in [0.2, 0.25) is 0 Å². The van der Waals surface area contributed by atoms with Crippen molar-refractivity contribution in [1.82, 2.24) is 5.32 Å². The fourth-order valence-corrected chi connectivity index (χ4v) is 2.38. The zero-order chi connectivity index (χ0) is 17.7. The number of nitrogen functional groups attached to an aromatic ring is 1. The zero-order valence-electron chi connectivity index (χ0n) is 12.9. The molecular formula is C17H16BrClN2O3. The number of carbonyl (C=O) groups excluding carboxylic acids is 2. The van der Waals surface area contributed by atoms with Crippen LogP contribution in [0.2, 0.25) is 5.02 Å². The van der Waals surface area contributed by atoms with Crippen LogP contribution in [0.3, 0.4) is 0 Å². The van der Waals surface area contributed by atoms with Gasteiger partial charge in [-0.1, -0.05) is 39.7 Å². The highest BCUT2D eigenvalue weighted by molar-refractivity contribution is 9.10. The monoisotopic (exact) mass is 410 g/mol. The third kappa shape index (κ3) is 4.97. The van der Waals surface area contributed by atoms with Gasteiger partial charge in [0.1, 0.15) is 0 Å². The maximum absolute atomic E-state index is 11.9. The first-order chi connectivity index (χ1) is 11.4. The van der Waals surface area contributed by atoms with Crippen LogP contribution in [0.1, 0.15) is 28.9 Å². The van der Waals surface area contributed by atoms with Crippen molar-refractivity contribution in [3.63, 3.8) is 0 Å². The van der Waals surface area contributed by atoms with Crippen molar-refractivity contribution in [2.24, 2.45) is 0 Å². The molecule has 7 heteroatoms. The van der Waals surface area contributed by atoms with Crippen LogP contribution < -0.4 is 11.1 Å². The van der Waals surface area contributed by atoms with Crippen molar-refractivity contribution in [3.8, 4) is 0 Å². The molecule has 0 aliphatic rings. The molecule has 2 aromatic rings. The number of hydrogen-bond donors (Lipinski definition) is 2. The Bertz CT molecular complexity index is 750. The molecule has 24 heavy (non-hydrogen) atoms. The Morgan fingerprint density at radius 1 is 1.25 bits per heavy atom. The van der Waals surface area contributed by atoms with Crippen molar-refractivity contribution >= 4 is 45.1 Å². The lowest BCUT2D eigenvalue weighted by Crippen LogP contribution is -2.31. The second kappa shape index (κ2) is 8.17. The van der Waals surface area contributed by atoms with E-state index in [4.69, 9.17) is 22.1 Å². The number of rotatable bonds is 5. The number of nitrogens with one attached hydrogen (secondary N) is 1. The summed E-state index contributed by atoms with van der Waals surface area (Å²) in [6, 6.07) is 11.8. The molecule has 3 N–H and O–H groups in total. The molecule has 0 aromatic heterocycles. The number of halogens is 2. The molecule has 0 saturated heterocycles. The van der Waals surface area contributed by atoms with E-state index in [9.17, 15) is 9.59 Å². The summed E-state index contributed by atoms with van der Waals surface area (Å²) < 4.78 is 5.94. The van der Waals surface area contributed by atoms with E-state index >= 15 is 0 Å². The molecule has 0 aliphatic heterocycles. The van der Waals surface area contributed by atoms with Gasteiger partial charge in [-0.2, -0.15) is 0 Å². The second-order valence-corrected chi connectivity index (χ2v) is 6.48. The number of amides is 1. The standard InChI is InChI=1S/C17H16BrClN2O3/c1-10(11-2-5-13(18)6-3-11)21-16(22)9-24-17(23)12-4-7-14(19)15(20)8-12/h2-8,10H,9,20H2,1H3,(H,21,22)/t10-/m1/s1. The Labute approximate surface area is 153 Å². The topological polar surface area (TPSA) is 81.4 Å². The first-order valence-electron chi connectivity index (χ1n) is 7.14. The number of carbonyl (C=O) groups is 2. The summed E-state index contributed by atoms with van der Waals surface area (Å²) in [5.74, 6) is -1.02. The van der Waals surface area contributed by atoms with E-state index in [1.807, 2.05) is 31.2 Å². The van der Waals surface area contributed by atoms with Gasteiger partial charge in [-0.05, 0) is 42.8 Å². The highest BCUT2D eigenvalue weighted by atomic mass is 79.9. The summed E-state index contributed by atoms with van der Waals surface area (Å²) in [6.45, 7) is 1.48. The van der Waals surface area contributed by atoms with E-state index in [2.05, 4.69) is 21.2 Å². The number of hydrogen-bond acceptors (Lipinski definition) is 4. The Morgan fingerprint density at radius 2 is 1.92 bits per heavy atom. The Hall–Kier alpha value is -2.05. The molecule has 0 bridgehead atoms. The summed E-state index contributed by atoms with van der Waals surface area (Å²) in [7, 11) is 0. The van der Waals surface area contributed by atoms with Crippen molar-refractivity contribution in [1.29, 1.82) is 0 Å². The van der Waals surface area contributed by atoms with E-state index in [-0.39, 0.29) is 29.8 Å². The van der Waals surface area contributed by atoms with Gasteiger partial charge < -0.3 is 15.8 Å². The van der Waals surface area contributed by atoms with Gasteiger partial charge in [-0.3, -0.25) is 4.79 Å². The highest BCUT2D eigenvalue weighted by Gasteiger charge is 2.14. The van der Waals surface area contributed by atoms with E-state index in [1.54, 1.807) is 0 Å². The lowest BCUT2D eigenvalue weighted by molar-refractivity contribution is -0.124. The minimum Gasteiger partial charge on any atom is -0.452 e. The summed E-state index contributed by atoms with van der Waals surface area (Å²) in [6.07, 6.45) is 0. The number of benzene rings is 2. The minimum absolute atomic E-state index is 0.199. The van der Waals surface area contributed by atoms with Gasteiger partial charge in [0.25, 0.3) is 5.91 Å². The molecule has 0 fully saturated rings. The van der Waals surface area contributed by atoms with Gasteiger partial charge >= 0.3 is 5.97 Å². The predicted molar refractivity (Wildman–Crippen MR) is 96.8 cm³/mol. The van der Waals surface area contributed by atoms with E-state index < -0.39 is 5.97 Å². The van der Waals surface area contributed by atoms with Gasteiger partial charge in [0, 0.05) is 4.47 Å². The maximum Gasteiger partial charge on any atom is 0.338 e. The summed E-state index contributed by atoms with van der Waals surface area (Å²) >= 11 is 9.15. The third-order valence-corrected chi connectivity index (χ3v) is 4.19.